The average molecular weight is 581 g/mol. The van der Waals surface area contributed by atoms with E-state index in [9.17, 15) is 9.59 Å². The fourth-order valence-electron chi connectivity index (χ4n) is 3.06. The fourth-order valence-corrected chi connectivity index (χ4v) is 3.97. The Morgan fingerprint density at radius 2 is 2.00 bits per heavy atom. The second kappa shape index (κ2) is 10.5. The van der Waals surface area contributed by atoms with Crippen molar-refractivity contribution in [3.63, 3.8) is 0 Å². The molecule has 3 aromatic rings. The number of rotatable bonds is 8. The number of fused-ring (bicyclic) bond motifs is 1. The Morgan fingerprint density at radius 3 is 2.64 bits per heavy atom. The van der Waals surface area contributed by atoms with Crippen LogP contribution in [0.1, 0.15) is 44.5 Å². The molecule has 0 amide bonds. The predicted molar refractivity (Wildman–Crippen MR) is 134 cm³/mol. The summed E-state index contributed by atoms with van der Waals surface area (Å²) in [5.41, 5.74) is 0.961. The molecule has 8 nitrogen and oxygen atoms in total. The van der Waals surface area contributed by atoms with Gasteiger partial charge in [-0.1, -0.05) is 29.8 Å². The summed E-state index contributed by atoms with van der Waals surface area (Å²) in [5.74, 6) is 0.0718. The van der Waals surface area contributed by atoms with E-state index in [2.05, 4.69) is 37.0 Å². The first kappa shape index (κ1) is 24.9. The number of methoxy groups -OCH3 is 1. The van der Waals surface area contributed by atoms with Gasteiger partial charge in [0.1, 0.15) is 5.82 Å². The lowest BCUT2D eigenvalue weighted by atomic mass is 10.1. The van der Waals surface area contributed by atoms with Gasteiger partial charge in [-0.2, -0.15) is 9.78 Å². The van der Waals surface area contributed by atoms with Crippen LogP contribution in [0.3, 0.4) is 0 Å². The van der Waals surface area contributed by atoms with Crippen molar-refractivity contribution in [1.82, 2.24) is 9.66 Å². The van der Waals surface area contributed by atoms with Gasteiger partial charge in [-0.3, -0.25) is 4.79 Å². The second-order valence-electron chi connectivity index (χ2n) is 7.43. The number of halogens is 2. The minimum Gasteiger partial charge on any atom is -0.493 e. The number of carboxylic acids is 1. The zero-order valence-corrected chi connectivity index (χ0v) is 21.7. The van der Waals surface area contributed by atoms with E-state index < -0.39 is 12.1 Å². The standard InChI is InChI=1S/C23H23Br2N3O5/c1-5-12(2)21-27-18-7-6-15(24)10-16(18)22(29)28(21)26-11-14-8-17(25)20(19(9-14)32-4)33-13(3)23(30)31/h6-13H,5H2,1-4H3,(H,30,31)/t12-,13-/m0/s1. The van der Waals surface area contributed by atoms with Gasteiger partial charge in [-0.05, 0) is 65.2 Å². The van der Waals surface area contributed by atoms with Crippen LogP contribution >= 0.6 is 31.9 Å². The van der Waals surface area contributed by atoms with Crippen molar-refractivity contribution >= 4 is 54.9 Å². The molecule has 33 heavy (non-hydrogen) atoms. The average Bonchev–Trinajstić information content (AvgIpc) is 2.79. The Bertz CT molecular complexity index is 1290. The van der Waals surface area contributed by atoms with Crippen LogP contribution in [0.25, 0.3) is 10.9 Å². The summed E-state index contributed by atoms with van der Waals surface area (Å²) in [6.45, 7) is 5.45. The lowest BCUT2D eigenvalue weighted by Crippen LogP contribution is -2.24. The van der Waals surface area contributed by atoms with Crippen LogP contribution in [0.4, 0.5) is 0 Å². The highest BCUT2D eigenvalue weighted by Gasteiger charge is 2.19. The molecule has 10 heteroatoms. The van der Waals surface area contributed by atoms with Crippen LogP contribution in [0.15, 0.2) is 49.2 Å². The summed E-state index contributed by atoms with van der Waals surface area (Å²) in [5, 5.41) is 14.0. The van der Waals surface area contributed by atoms with Crippen LogP contribution in [-0.2, 0) is 4.79 Å². The molecule has 1 aromatic heterocycles. The number of nitrogens with zero attached hydrogens (tertiary/aromatic N) is 3. The van der Waals surface area contributed by atoms with Crippen molar-refractivity contribution in [2.75, 3.05) is 7.11 Å². The van der Waals surface area contributed by atoms with Crippen molar-refractivity contribution in [3.8, 4) is 11.5 Å². The van der Waals surface area contributed by atoms with Crippen LogP contribution in [0.2, 0.25) is 0 Å². The Hall–Kier alpha value is -2.72. The van der Waals surface area contributed by atoms with Gasteiger partial charge in [-0.15, -0.1) is 0 Å². The molecule has 0 aliphatic heterocycles. The molecule has 0 saturated carbocycles. The van der Waals surface area contributed by atoms with Gasteiger partial charge in [0.15, 0.2) is 17.6 Å². The normalized spacial score (nSPS) is 13.3. The summed E-state index contributed by atoms with van der Waals surface area (Å²) in [4.78, 5) is 29.1. The predicted octanol–water partition coefficient (Wildman–Crippen LogP) is 5.18. The molecule has 0 bridgehead atoms. The Labute approximate surface area is 207 Å². The van der Waals surface area contributed by atoms with Crippen molar-refractivity contribution in [2.45, 2.75) is 39.2 Å². The summed E-state index contributed by atoms with van der Waals surface area (Å²) >= 11 is 6.80. The molecule has 0 saturated heterocycles. The Kier molecular flexibility index (Phi) is 7.91. The number of benzene rings is 2. The molecule has 0 radical (unpaired) electrons. The molecule has 3 rings (SSSR count). The molecule has 1 heterocycles. The van der Waals surface area contributed by atoms with E-state index in [1.54, 1.807) is 24.3 Å². The smallest absolute Gasteiger partial charge is 0.344 e. The number of carboxylic acid groups (broad SMARTS) is 1. The third-order valence-electron chi connectivity index (χ3n) is 5.10. The quantitative estimate of drug-likeness (QED) is 0.368. The number of carbonyl (C=O) groups is 1. The van der Waals surface area contributed by atoms with E-state index in [0.29, 0.717) is 32.5 Å². The lowest BCUT2D eigenvalue weighted by Gasteiger charge is -2.16. The van der Waals surface area contributed by atoms with E-state index in [4.69, 9.17) is 19.6 Å². The molecule has 2 aromatic carbocycles. The zero-order chi connectivity index (χ0) is 24.3. The molecular weight excluding hydrogens is 558 g/mol. The molecule has 0 aliphatic carbocycles. The topological polar surface area (TPSA) is 103 Å². The third kappa shape index (κ3) is 5.44. The van der Waals surface area contributed by atoms with Gasteiger partial charge < -0.3 is 14.6 Å². The number of hydrogen-bond acceptors (Lipinski definition) is 6. The number of hydrogen-bond donors (Lipinski definition) is 1. The minimum atomic E-state index is -1.10. The van der Waals surface area contributed by atoms with Crippen LogP contribution in [0, 0.1) is 0 Å². The molecule has 2 atom stereocenters. The molecule has 0 fully saturated rings. The molecule has 174 valence electrons. The first-order valence-corrected chi connectivity index (χ1v) is 11.8. The van der Waals surface area contributed by atoms with E-state index >= 15 is 0 Å². The fraction of sp³-hybridized carbons (Fsp3) is 0.304. The largest absolute Gasteiger partial charge is 0.493 e. The maximum atomic E-state index is 13.3. The molecule has 0 spiro atoms. The first-order valence-electron chi connectivity index (χ1n) is 10.2. The van der Waals surface area contributed by atoms with Gasteiger partial charge in [0.25, 0.3) is 5.56 Å². The maximum absolute atomic E-state index is 13.3. The van der Waals surface area contributed by atoms with Gasteiger partial charge in [0.2, 0.25) is 0 Å². The molecule has 0 aliphatic rings. The van der Waals surface area contributed by atoms with E-state index in [-0.39, 0.29) is 17.2 Å². The highest BCUT2D eigenvalue weighted by Crippen LogP contribution is 2.37. The minimum absolute atomic E-state index is 0.0115. The summed E-state index contributed by atoms with van der Waals surface area (Å²) in [6, 6.07) is 8.74. The molecule has 0 unspecified atom stereocenters. The van der Waals surface area contributed by atoms with Crippen molar-refractivity contribution in [1.29, 1.82) is 0 Å². The summed E-state index contributed by atoms with van der Waals surface area (Å²) in [6.07, 6.45) is 1.25. The Balaban J connectivity index is 2.10. The summed E-state index contributed by atoms with van der Waals surface area (Å²) < 4.78 is 13.5. The second-order valence-corrected chi connectivity index (χ2v) is 9.20. The van der Waals surface area contributed by atoms with Crippen molar-refractivity contribution in [2.24, 2.45) is 5.10 Å². The summed E-state index contributed by atoms with van der Waals surface area (Å²) in [7, 11) is 1.46. The maximum Gasteiger partial charge on any atom is 0.344 e. The van der Waals surface area contributed by atoms with E-state index in [1.165, 1.54) is 24.9 Å². The number of aromatic nitrogens is 2. The SMILES string of the molecule is CC[C@H](C)c1nc2ccc(Br)cc2c(=O)n1N=Cc1cc(Br)c(O[C@@H](C)C(=O)O)c(OC)c1. The van der Waals surface area contributed by atoms with Crippen LogP contribution in [-0.4, -0.2) is 40.2 Å². The van der Waals surface area contributed by atoms with Crippen molar-refractivity contribution < 1.29 is 19.4 Å². The molecule has 1 N–H and O–H groups in total. The van der Waals surface area contributed by atoms with E-state index in [0.717, 1.165) is 10.9 Å². The number of ether oxygens (including phenoxy) is 2. The monoisotopic (exact) mass is 579 g/mol. The lowest BCUT2D eigenvalue weighted by molar-refractivity contribution is -0.144. The van der Waals surface area contributed by atoms with Gasteiger partial charge >= 0.3 is 5.97 Å². The molecular formula is C23H23Br2N3O5. The van der Waals surface area contributed by atoms with Gasteiger partial charge in [0, 0.05) is 10.4 Å². The highest BCUT2D eigenvalue weighted by molar-refractivity contribution is 9.10. The van der Waals surface area contributed by atoms with Gasteiger partial charge in [-0.25, -0.2) is 9.78 Å². The Morgan fingerprint density at radius 1 is 1.27 bits per heavy atom. The van der Waals surface area contributed by atoms with Crippen LogP contribution < -0.4 is 15.0 Å². The van der Waals surface area contributed by atoms with Gasteiger partial charge in [0.05, 0.1) is 28.7 Å². The van der Waals surface area contributed by atoms with Crippen molar-refractivity contribution in [3.05, 3.63) is 61.0 Å². The highest BCUT2D eigenvalue weighted by atomic mass is 79.9. The third-order valence-corrected chi connectivity index (χ3v) is 6.19. The zero-order valence-electron chi connectivity index (χ0n) is 18.5. The first-order chi connectivity index (χ1) is 15.7. The number of aliphatic carboxylic acids is 1. The van der Waals surface area contributed by atoms with E-state index in [1.807, 2.05) is 19.9 Å². The van der Waals surface area contributed by atoms with Crippen LogP contribution in [0.5, 0.6) is 11.5 Å².